The lowest BCUT2D eigenvalue weighted by atomic mass is 9.85. The van der Waals surface area contributed by atoms with E-state index in [4.69, 9.17) is 18.5 Å². The summed E-state index contributed by atoms with van der Waals surface area (Å²) >= 11 is 0. The van der Waals surface area contributed by atoms with Gasteiger partial charge in [-0.1, -0.05) is 142 Å². The highest BCUT2D eigenvalue weighted by molar-refractivity contribution is 7.47. The van der Waals surface area contributed by atoms with Gasteiger partial charge in [-0.3, -0.25) is 18.6 Å². The molecule has 0 aromatic heterocycles. The molecule has 344 valence electrons. The van der Waals surface area contributed by atoms with Crippen LogP contribution < -0.4 is 0 Å². The lowest BCUT2D eigenvalue weighted by molar-refractivity contribution is -0.220. The Bertz CT molecular complexity index is 1480. The number of phosphoric ester groups is 1. The van der Waals surface area contributed by atoms with Crippen LogP contribution in [0.1, 0.15) is 117 Å². The third-order valence-corrected chi connectivity index (χ3v) is 10.2. The standard InChI is InChI=1S/C47H73O13P/c1-3-5-7-9-11-13-15-17-19-20-22-23-25-27-29-31-33-35-40(48)57-37-39(38-58-61(55,56)60-47-45(53)43(51)42(50)44(52)46(47)54)59-41(49)36-34-32-30-28-26-24-21-18-16-14-12-10-8-6-4-2/h5-8,10-14,16-19,21-23,27,29,39,42-47,50-54H,3-4,9,15,20,24-26,28,30-38H2,1-2H3,(H,55,56)/b7-5+,8-6+,12-10+,13-11+,16-14+,19-17+,21-18+,23-22+,29-27+/t39-,42?,43-,44?,45?,46?,47?/m0/s1. The van der Waals surface area contributed by atoms with Gasteiger partial charge in [-0.2, -0.15) is 0 Å². The van der Waals surface area contributed by atoms with E-state index in [-0.39, 0.29) is 12.8 Å². The van der Waals surface area contributed by atoms with E-state index in [0.717, 1.165) is 70.6 Å². The minimum atomic E-state index is -5.14. The first-order chi connectivity index (χ1) is 29.4. The number of esters is 2. The minimum absolute atomic E-state index is 0.0508. The fourth-order valence-electron chi connectivity index (χ4n) is 5.74. The van der Waals surface area contributed by atoms with Crippen LogP contribution in [0.4, 0.5) is 0 Å². The predicted octanol–water partition coefficient (Wildman–Crippen LogP) is 8.05. The molecule has 0 aliphatic heterocycles. The summed E-state index contributed by atoms with van der Waals surface area (Å²) in [5.74, 6) is -1.21. The zero-order valence-electron chi connectivity index (χ0n) is 36.1. The molecule has 0 radical (unpaired) electrons. The molecule has 0 amide bonds. The lowest BCUT2D eigenvalue weighted by Crippen LogP contribution is -2.64. The van der Waals surface area contributed by atoms with Crippen molar-refractivity contribution in [2.24, 2.45) is 0 Å². The molecule has 14 heteroatoms. The zero-order chi connectivity index (χ0) is 45.0. The molecule has 0 aromatic carbocycles. The molecule has 1 aliphatic carbocycles. The van der Waals surface area contributed by atoms with Crippen LogP contribution in [0.25, 0.3) is 0 Å². The fraction of sp³-hybridized carbons (Fsp3) is 0.574. The molecule has 0 aromatic rings. The molecule has 8 atom stereocenters. The highest BCUT2D eigenvalue weighted by Crippen LogP contribution is 2.47. The highest BCUT2D eigenvalue weighted by Gasteiger charge is 2.51. The van der Waals surface area contributed by atoms with Gasteiger partial charge < -0.3 is 39.9 Å². The van der Waals surface area contributed by atoms with Crippen LogP contribution >= 0.6 is 7.82 Å². The van der Waals surface area contributed by atoms with E-state index in [0.29, 0.717) is 19.3 Å². The fourth-order valence-corrected chi connectivity index (χ4v) is 6.72. The minimum Gasteiger partial charge on any atom is -0.462 e. The Morgan fingerprint density at radius 2 is 0.984 bits per heavy atom. The lowest BCUT2D eigenvalue weighted by Gasteiger charge is -2.41. The Kier molecular flexibility index (Phi) is 32.8. The molecule has 0 heterocycles. The number of carbonyl (C=O) groups excluding carboxylic acids is 2. The summed E-state index contributed by atoms with van der Waals surface area (Å²) in [6, 6.07) is 0. The number of carbonyl (C=O) groups is 2. The Morgan fingerprint density at radius 1 is 0.525 bits per heavy atom. The average Bonchev–Trinajstić information content (AvgIpc) is 3.24. The van der Waals surface area contributed by atoms with Crippen LogP contribution in [0.2, 0.25) is 0 Å². The number of rotatable bonds is 33. The molecule has 1 saturated carbocycles. The van der Waals surface area contributed by atoms with Gasteiger partial charge in [-0.05, 0) is 70.6 Å². The summed E-state index contributed by atoms with van der Waals surface area (Å²) in [5, 5.41) is 50.1. The van der Waals surface area contributed by atoms with Gasteiger partial charge in [0, 0.05) is 12.8 Å². The van der Waals surface area contributed by atoms with E-state index in [2.05, 4.69) is 74.6 Å². The van der Waals surface area contributed by atoms with E-state index in [9.17, 15) is 44.6 Å². The summed E-state index contributed by atoms with van der Waals surface area (Å²) in [4.78, 5) is 35.6. The number of aliphatic hydroxyl groups is 5. The maximum Gasteiger partial charge on any atom is 0.472 e. The predicted molar refractivity (Wildman–Crippen MR) is 239 cm³/mol. The molecule has 0 spiro atoms. The normalized spacial score (nSPS) is 23.1. The van der Waals surface area contributed by atoms with E-state index < -0.39 is 75.7 Å². The smallest absolute Gasteiger partial charge is 0.462 e. The van der Waals surface area contributed by atoms with Crippen LogP contribution in [-0.4, -0.2) is 98.3 Å². The van der Waals surface area contributed by atoms with Crippen LogP contribution in [0.3, 0.4) is 0 Å². The Hall–Kier alpha value is -3.49. The van der Waals surface area contributed by atoms with Crippen molar-refractivity contribution in [2.75, 3.05) is 13.2 Å². The molecular formula is C47H73O13P. The van der Waals surface area contributed by atoms with Crippen LogP contribution in [0.15, 0.2) is 109 Å². The molecule has 1 aliphatic rings. The molecule has 0 bridgehead atoms. The molecule has 6 N–H and O–H groups in total. The van der Waals surface area contributed by atoms with Gasteiger partial charge in [-0.25, -0.2) is 4.57 Å². The van der Waals surface area contributed by atoms with Gasteiger partial charge in [0.15, 0.2) is 6.10 Å². The van der Waals surface area contributed by atoms with Crippen LogP contribution in [-0.2, 0) is 32.7 Å². The molecular weight excluding hydrogens is 803 g/mol. The number of hydrogen-bond donors (Lipinski definition) is 6. The van der Waals surface area contributed by atoms with E-state index in [1.54, 1.807) is 0 Å². The van der Waals surface area contributed by atoms with Gasteiger partial charge in [0.1, 0.15) is 43.2 Å². The first kappa shape index (κ1) is 55.5. The zero-order valence-corrected chi connectivity index (χ0v) is 37.0. The van der Waals surface area contributed by atoms with Crippen molar-refractivity contribution >= 4 is 19.8 Å². The van der Waals surface area contributed by atoms with E-state index in [1.165, 1.54) is 0 Å². The SMILES string of the molecule is CC/C=C/C=C/C=C/C=C/CCCCCCCC(=O)O[C@@H](COC(=O)CCC/C=C/C/C=C/C/C=C/C/C=C/C/C=C/CC)COP(=O)(O)OC1C(O)C(O)C(O)[C@H](O)C1O. The number of unbranched alkanes of at least 4 members (excludes halogenated alkanes) is 6. The van der Waals surface area contributed by atoms with Crippen molar-refractivity contribution in [1.29, 1.82) is 0 Å². The second-order valence-corrected chi connectivity index (χ2v) is 15.9. The largest absolute Gasteiger partial charge is 0.472 e. The van der Waals surface area contributed by atoms with Crippen LogP contribution in [0, 0.1) is 0 Å². The van der Waals surface area contributed by atoms with Crippen molar-refractivity contribution in [3.63, 3.8) is 0 Å². The number of hydrogen-bond acceptors (Lipinski definition) is 12. The molecule has 1 fully saturated rings. The Labute approximate surface area is 363 Å². The third kappa shape index (κ3) is 28.7. The highest BCUT2D eigenvalue weighted by atomic mass is 31.2. The second kappa shape index (κ2) is 36.0. The maximum absolute atomic E-state index is 12.8. The maximum atomic E-state index is 12.8. The van der Waals surface area contributed by atoms with Crippen molar-refractivity contribution in [3.8, 4) is 0 Å². The second-order valence-electron chi connectivity index (χ2n) is 14.5. The number of allylic oxidation sites excluding steroid dienone is 18. The monoisotopic (exact) mass is 876 g/mol. The van der Waals surface area contributed by atoms with Gasteiger partial charge in [0.05, 0.1) is 6.61 Å². The van der Waals surface area contributed by atoms with Gasteiger partial charge in [0.25, 0.3) is 0 Å². The Balaban J connectivity index is 2.56. The topological polar surface area (TPSA) is 210 Å². The van der Waals surface area contributed by atoms with E-state index >= 15 is 0 Å². The molecule has 61 heavy (non-hydrogen) atoms. The van der Waals surface area contributed by atoms with Gasteiger partial charge in [0.2, 0.25) is 0 Å². The van der Waals surface area contributed by atoms with Crippen molar-refractivity contribution in [3.05, 3.63) is 109 Å². The average molecular weight is 877 g/mol. The first-order valence-electron chi connectivity index (χ1n) is 21.7. The van der Waals surface area contributed by atoms with Crippen molar-refractivity contribution in [2.45, 2.75) is 159 Å². The molecule has 13 nitrogen and oxygen atoms in total. The Morgan fingerprint density at radius 3 is 1.57 bits per heavy atom. The molecule has 1 rings (SSSR count). The summed E-state index contributed by atoms with van der Waals surface area (Å²) in [6.07, 6.45) is 35.8. The van der Waals surface area contributed by atoms with Crippen molar-refractivity contribution < 1.29 is 63.1 Å². The summed E-state index contributed by atoms with van der Waals surface area (Å²) in [7, 11) is -5.14. The number of ether oxygens (including phenoxy) is 2. The quantitative estimate of drug-likeness (QED) is 0.0121. The number of aliphatic hydroxyl groups excluding tert-OH is 5. The third-order valence-electron chi connectivity index (χ3n) is 9.20. The summed E-state index contributed by atoms with van der Waals surface area (Å²) in [5.41, 5.74) is 0. The molecule has 6 unspecified atom stereocenters. The van der Waals surface area contributed by atoms with E-state index in [1.807, 2.05) is 48.6 Å². The van der Waals surface area contributed by atoms with Crippen LogP contribution in [0.5, 0.6) is 0 Å². The first-order valence-corrected chi connectivity index (χ1v) is 23.2. The van der Waals surface area contributed by atoms with Gasteiger partial charge in [-0.15, -0.1) is 0 Å². The number of phosphoric acid groups is 1. The van der Waals surface area contributed by atoms with Crippen molar-refractivity contribution in [1.82, 2.24) is 0 Å². The summed E-state index contributed by atoms with van der Waals surface area (Å²) in [6.45, 7) is 2.95. The summed E-state index contributed by atoms with van der Waals surface area (Å²) < 4.78 is 33.4. The molecule has 0 saturated heterocycles. The van der Waals surface area contributed by atoms with Gasteiger partial charge >= 0.3 is 19.8 Å².